The summed E-state index contributed by atoms with van der Waals surface area (Å²) in [5.41, 5.74) is -0.0871. The molecule has 1 fully saturated rings. The predicted octanol–water partition coefficient (Wildman–Crippen LogP) is 2.22. The van der Waals surface area contributed by atoms with Crippen molar-refractivity contribution in [2.45, 2.75) is 51.0 Å². The Morgan fingerprint density at radius 2 is 2.29 bits per heavy atom. The average molecular weight is 194 g/mol. The first kappa shape index (κ1) is 9.91. The lowest BCUT2D eigenvalue weighted by atomic mass is 9.66. The first-order valence-corrected chi connectivity index (χ1v) is 5.58. The van der Waals surface area contributed by atoms with Gasteiger partial charge in [-0.25, -0.2) is 0 Å². The van der Waals surface area contributed by atoms with E-state index >= 15 is 0 Å². The average Bonchev–Trinajstić information content (AvgIpc) is 2.15. The Labute approximate surface area is 85.0 Å². The van der Waals surface area contributed by atoms with Crippen molar-refractivity contribution in [1.29, 1.82) is 0 Å². The van der Waals surface area contributed by atoms with Gasteiger partial charge in [0.25, 0.3) is 0 Å². The summed E-state index contributed by atoms with van der Waals surface area (Å²) in [5, 5.41) is 10.5. The Hall–Kier alpha value is -0.630. The van der Waals surface area contributed by atoms with Crippen molar-refractivity contribution in [3.05, 3.63) is 11.6 Å². The molecule has 14 heavy (non-hydrogen) atoms. The fraction of sp³-hybridized carbons (Fsp3) is 0.750. The smallest absolute Gasteiger partial charge is 0.158 e. The van der Waals surface area contributed by atoms with Gasteiger partial charge in [0.05, 0.1) is 5.60 Å². The van der Waals surface area contributed by atoms with Gasteiger partial charge in [-0.1, -0.05) is 18.9 Å². The molecule has 2 rings (SSSR count). The molecule has 1 N–H and O–H groups in total. The van der Waals surface area contributed by atoms with Gasteiger partial charge >= 0.3 is 0 Å². The molecule has 2 atom stereocenters. The topological polar surface area (TPSA) is 37.3 Å². The molecule has 2 heteroatoms. The van der Waals surface area contributed by atoms with Gasteiger partial charge in [-0.2, -0.15) is 0 Å². The van der Waals surface area contributed by atoms with Crippen molar-refractivity contribution < 1.29 is 9.90 Å². The highest BCUT2D eigenvalue weighted by Gasteiger charge is 2.44. The third-order valence-electron chi connectivity index (χ3n) is 3.75. The minimum absolute atomic E-state index is 0.0547. The Bertz CT molecular complexity index is 280. The van der Waals surface area contributed by atoms with Crippen molar-refractivity contribution in [3.63, 3.8) is 0 Å². The molecule has 0 radical (unpaired) electrons. The van der Waals surface area contributed by atoms with E-state index < -0.39 is 5.60 Å². The maximum Gasteiger partial charge on any atom is 0.158 e. The monoisotopic (exact) mass is 194 g/mol. The molecule has 0 aliphatic heterocycles. The zero-order valence-corrected chi connectivity index (χ0v) is 8.75. The normalized spacial score (nSPS) is 37.3. The van der Waals surface area contributed by atoms with Crippen LogP contribution in [0.2, 0.25) is 0 Å². The molecule has 0 bridgehead atoms. The molecule has 2 aliphatic carbocycles. The third kappa shape index (κ3) is 1.42. The maximum atomic E-state index is 11.4. The number of allylic oxidation sites excluding steroid dienone is 1. The zero-order valence-electron chi connectivity index (χ0n) is 8.75. The summed E-state index contributed by atoms with van der Waals surface area (Å²) >= 11 is 0. The zero-order chi connectivity index (χ0) is 10.2. The molecule has 0 aromatic heterocycles. The standard InChI is InChI=1S/C12H18O2/c1-9(13)11-7-4-6-10-5-2-3-8-12(10,11)14/h7,10,14H,2-6,8H2,1H3/t10?,12-/m1/s1. The van der Waals surface area contributed by atoms with Gasteiger partial charge in [-0.15, -0.1) is 0 Å². The minimum atomic E-state index is -0.775. The van der Waals surface area contributed by atoms with Crippen LogP contribution >= 0.6 is 0 Å². The summed E-state index contributed by atoms with van der Waals surface area (Å²) in [6.45, 7) is 1.57. The minimum Gasteiger partial charge on any atom is -0.385 e. The summed E-state index contributed by atoms with van der Waals surface area (Å²) in [4.78, 5) is 11.4. The van der Waals surface area contributed by atoms with Gasteiger partial charge in [0, 0.05) is 5.57 Å². The van der Waals surface area contributed by atoms with E-state index in [1.165, 1.54) is 6.42 Å². The van der Waals surface area contributed by atoms with E-state index in [9.17, 15) is 9.90 Å². The summed E-state index contributed by atoms with van der Waals surface area (Å²) < 4.78 is 0. The molecule has 0 aromatic rings. The van der Waals surface area contributed by atoms with Gasteiger partial charge < -0.3 is 5.11 Å². The van der Waals surface area contributed by atoms with Gasteiger partial charge in [-0.3, -0.25) is 4.79 Å². The summed E-state index contributed by atoms with van der Waals surface area (Å²) in [6.07, 6.45) is 8.08. The van der Waals surface area contributed by atoms with Crippen LogP contribution in [0.15, 0.2) is 11.6 Å². The Kier molecular flexibility index (Phi) is 2.48. The second-order valence-electron chi connectivity index (χ2n) is 4.62. The SMILES string of the molecule is CC(=O)C1=CCCC2CCCC[C@]12O. The van der Waals surface area contributed by atoms with Gasteiger partial charge in [0.1, 0.15) is 0 Å². The number of Topliss-reactive ketones (excluding diaryl/α,β-unsaturated/α-hetero) is 1. The Morgan fingerprint density at radius 1 is 1.50 bits per heavy atom. The molecule has 2 nitrogen and oxygen atoms in total. The van der Waals surface area contributed by atoms with E-state index in [0.29, 0.717) is 11.5 Å². The first-order chi connectivity index (χ1) is 6.64. The van der Waals surface area contributed by atoms with E-state index in [-0.39, 0.29) is 5.78 Å². The number of aliphatic hydroxyl groups is 1. The van der Waals surface area contributed by atoms with Crippen LogP contribution in [0.5, 0.6) is 0 Å². The number of hydrogen-bond acceptors (Lipinski definition) is 2. The lowest BCUT2D eigenvalue weighted by Gasteiger charge is -2.43. The lowest BCUT2D eigenvalue weighted by Crippen LogP contribution is -2.46. The summed E-state index contributed by atoms with van der Waals surface area (Å²) in [5.74, 6) is 0.388. The van der Waals surface area contributed by atoms with Crippen molar-refractivity contribution in [3.8, 4) is 0 Å². The number of hydrogen-bond donors (Lipinski definition) is 1. The van der Waals surface area contributed by atoms with Crippen LogP contribution in [0.1, 0.15) is 45.4 Å². The predicted molar refractivity (Wildman–Crippen MR) is 54.9 cm³/mol. The number of carbonyl (C=O) groups is 1. The van der Waals surface area contributed by atoms with E-state index in [2.05, 4.69) is 0 Å². The van der Waals surface area contributed by atoms with E-state index in [1.54, 1.807) is 6.92 Å². The summed E-state index contributed by atoms with van der Waals surface area (Å²) in [6, 6.07) is 0. The molecule has 0 amide bonds. The van der Waals surface area contributed by atoms with Crippen molar-refractivity contribution in [2.75, 3.05) is 0 Å². The van der Waals surface area contributed by atoms with Crippen molar-refractivity contribution in [2.24, 2.45) is 5.92 Å². The molecular weight excluding hydrogens is 176 g/mol. The molecule has 0 spiro atoms. The quantitative estimate of drug-likeness (QED) is 0.695. The van der Waals surface area contributed by atoms with Crippen molar-refractivity contribution in [1.82, 2.24) is 0 Å². The fourth-order valence-corrected chi connectivity index (χ4v) is 3.02. The third-order valence-corrected chi connectivity index (χ3v) is 3.75. The number of carbonyl (C=O) groups excluding carboxylic acids is 1. The highest BCUT2D eigenvalue weighted by molar-refractivity contribution is 5.95. The van der Waals surface area contributed by atoms with Crippen LogP contribution in [0, 0.1) is 5.92 Å². The van der Waals surface area contributed by atoms with E-state index in [0.717, 1.165) is 32.1 Å². The number of ketones is 1. The van der Waals surface area contributed by atoms with Crippen LogP contribution in [0.4, 0.5) is 0 Å². The van der Waals surface area contributed by atoms with E-state index in [1.807, 2.05) is 6.08 Å². The summed E-state index contributed by atoms with van der Waals surface area (Å²) in [7, 11) is 0. The second kappa shape index (κ2) is 3.50. The molecule has 78 valence electrons. The van der Waals surface area contributed by atoms with Crippen molar-refractivity contribution >= 4 is 5.78 Å². The first-order valence-electron chi connectivity index (χ1n) is 5.58. The van der Waals surface area contributed by atoms with Crippen LogP contribution in [0.3, 0.4) is 0 Å². The fourth-order valence-electron chi connectivity index (χ4n) is 3.02. The maximum absolute atomic E-state index is 11.4. The molecule has 0 heterocycles. The molecule has 0 saturated heterocycles. The number of fused-ring (bicyclic) bond motifs is 1. The van der Waals surface area contributed by atoms with Crippen LogP contribution in [-0.4, -0.2) is 16.5 Å². The van der Waals surface area contributed by atoms with Gasteiger partial charge in [0.2, 0.25) is 0 Å². The largest absolute Gasteiger partial charge is 0.385 e. The highest BCUT2D eigenvalue weighted by Crippen LogP contribution is 2.44. The highest BCUT2D eigenvalue weighted by atomic mass is 16.3. The molecular formula is C12H18O2. The van der Waals surface area contributed by atoms with Gasteiger partial charge in [-0.05, 0) is 38.5 Å². The Balaban J connectivity index is 2.32. The van der Waals surface area contributed by atoms with Crippen LogP contribution in [-0.2, 0) is 4.79 Å². The second-order valence-corrected chi connectivity index (χ2v) is 4.62. The molecule has 2 aliphatic rings. The molecule has 1 unspecified atom stereocenters. The Morgan fingerprint density at radius 3 is 3.00 bits per heavy atom. The molecule has 0 aromatic carbocycles. The molecule has 1 saturated carbocycles. The number of rotatable bonds is 1. The van der Waals surface area contributed by atoms with Gasteiger partial charge in [0.15, 0.2) is 5.78 Å². The van der Waals surface area contributed by atoms with Crippen LogP contribution in [0.25, 0.3) is 0 Å². The van der Waals surface area contributed by atoms with Crippen LogP contribution < -0.4 is 0 Å². The van der Waals surface area contributed by atoms with E-state index in [4.69, 9.17) is 0 Å². The lowest BCUT2D eigenvalue weighted by molar-refractivity contribution is -0.118.